The van der Waals surface area contributed by atoms with E-state index in [9.17, 15) is 19.3 Å². The number of carbonyl (C=O) groups is 1. The molecular formula is C34H33FN6O3S. The normalized spacial score (nSPS) is 11.3. The van der Waals surface area contributed by atoms with Crippen molar-refractivity contribution in [2.45, 2.75) is 38.9 Å². The standard InChI is InChI=1S/C34H33FN6O3S/c1-34(2,38-32(42)18-28-19-36-23-40(28)20-24-14-16-27(17-15-24)41(43)44)22-39(33(45)37-31-13-6-5-12-30(31)35)21-26-10-7-9-25-8-3-4-11-29(25)26/h3-17,19,23H,18,20-22H2,1-2H3,(H,37,45)(H,38,42). The summed E-state index contributed by atoms with van der Waals surface area (Å²) in [4.78, 5) is 30.0. The molecule has 5 rings (SSSR count). The minimum absolute atomic E-state index is 0.0179. The van der Waals surface area contributed by atoms with Crippen molar-refractivity contribution >= 4 is 45.4 Å². The third kappa shape index (κ3) is 8.07. The number of imidazole rings is 1. The molecule has 45 heavy (non-hydrogen) atoms. The maximum Gasteiger partial charge on any atom is 0.269 e. The maximum absolute atomic E-state index is 14.5. The second-order valence-electron chi connectivity index (χ2n) is 11.4. The number of hydrogen-bond acceptors (Lipinski definition) is 5. The fraction of sp³-hybridized carbons (Fsp3) is 0.206. The van der Waals surface area contributed by atoms with Gasteiger partial charge in [0.05, 0.1) is 28.9 Å². The first kappa shape index (κ1) is 31.3. The van der Waals surface area contributed by atoms with E-state index in [0.717, 1.165) is 21.9 Å². The highest BCUT2D eigenvalue weighted by atomic mass is 32.1. The maximum atomic E-state index is 14.5. The Bertz CT molecular complexity index is 1830. The summed E-state index contributed by atoms with van der Waals surface area (Å²) in [7, 11) is 0. The van der Waals surface area contributed by atoms with Gasteiger partial charge >= 0.3 is 0 Å². The SMILES string of the molecule is CC(C)(CN(Cc1cccc2ccccc12)C(=S)Nc1ccccc1F)NC(=O)Cc1cncn1Cc1ccc([N+](=O)[O-])cc1. The summed E-state index contributed by atoms with van der Waals surface area (Å²) in [6, 6.07) is 26.8. The van der Waals surface area contributed by atoms with Gasteiger partial charge < -0.3 is 20.1 Å². The van der Waals surface area contributed by atoms with E-state index in [4.69, 9.17) is 12.2 Å². The first-order valence-electron chi connectivity index (χ1n) is 14.4. The van der Waals surface area contributed by atoms with Crippen LogP contribution in [0.3, 0.4) is 0 Å². The summed E-state index contributed by atoms with van der Waals surface area (Å²) < 4.78 is 16.4. The van der Waals surface area contributed by atoms with Crippen molar-refractivity contribution in [2.75, 3.05) is 11.9 Å². The largest absolute Gasteiger partial charge is 0.349 e. The molecule has 230 valence electrons. The molecule has 5 aromatic rings. The van der Waals surface area contributed by atoms with E-state index in [-0.39, 0.29) is 23.7 Å². The number of non-ortho nitro benzene ring substituents is 1. The Morgan fingerprint density at radius 2 is 1.73 bits per heavy atom. The number of fused-ring (bicyclic) bond motifs is 1. The van der Waals surface area contributed by atoms with Gasteiger partial charge in [-0.1, -0.05) is 66.7 Å². The van der Waals surface area contributed by atoms with Gasteiger partial charge in [-0.2, -0.15) is 0 Å². The van der Waals surface area contributed by atoms with Crippen molar-refractivity contribution in [3.8, 4) is 0 Å². The lowest BCUT2D eigenvalue weighted by atomic mass is 10.0. The number of hydrogen-bond donors (Lipinski definition) is 2. The van der Waals surface area contributed by atoms with Crippen LogP contribution in [0.4, 0.5) is 15.8 Å². The lowest BCUT2D eigenvalue weighted by Crippen LogP contribution is -2.53. The number of benzene rings is 4. The smallest absolute Gasteiger partial charge is 0.269 e. The number of rotatable bonds is 11. The van der Waals surface area contributed by atoms with E-state index < -0.39 is 16.3 Å². The topological polar surface area (TPSA) is 105 Å². The summed E-state index contributed by atoms with van der Waals surface area (Å²) in [6.07, 6.45) is 3.35. The molecule has 0 radical (unpaired) electrons. The first-order valence-corrected chi connectivity index (χ1v) is 14.8. The van der Waals surface area contributed by atoms with Crippen LogP contribution in [-0.4, -0.2) is 42.5 Å². The highest BCUT2D eigenvalue weighted by Crippen LogP contribution is 2.23. The predicted molar refractivity (Wildman–Crippen MR) is 177 cm³/mol. The minimum Gasteiger partial charge on any atom is -0.349 e. The number of para-hydroxylation sites is 1. The van der Waals surface area contributed by atoms with E-state index in [1.165, 1.54) is 18.2 Å². The van der Waals surface area contributed by atoms with Crippen LogP contribution in [-0.2, 0) is 24.3 Å². The zero-order valence-corrected chi connectivity index (χ0v) is 25.8. The van der Waals surface area contributed by atoms with Crippen LogP contribution in [0, 0.1) is 15.9 Å². The first-order chi connectivity index (χ1) is 21.6. The van der Waals surface area contributed by atoms with Gasteiger partial charge in [-0.3, -0.25) is 14.9 Å². The van der Waals surface area contributed by atoms with Crippen LogP contribution < -0.4 is 10.6 Å². The number of nitro benzene ring substituents is 1. The molecule has 0 saturated heterocycles. The summed E-state index contributed by atoms with van der Waals surface area (Å²) in [5.41, 5.74) is 2.15. The lowest BCUT2D eigenvalue weighted by molar-refractivity contribution is -0.384. The molecule has 1 heterocycles. The number of nitrogens with one attached hydrogen (secondary N) is 2. The molecule has 9 nitrogen and oxygen atoms in total. The van der Waals surface area contributed by atoms with Gasteiger partial charge in [-0.05, 0) is 60.1 Å². The molecule has 0 saturated carbocycles. The molecule has 1 amide bonds. The fourth-order valence-electron chi connectivity index (χ4n) is 5.25. The van der Waals surface area contributed by atoms with Gasteiger partial charge in [0.25, 0.3) is 5.69 Å². The number of aromatic nitrogens is 2. The Morgan fingerprint density at radius 1 is 1.02 bits per heavy atom. The molecule has 4 aromatic carbocycles. The van der Waals surface area contributed by atoms with E-state index in [0.29, 0.717) is 30.4 Å². The number of anilines is 1. The predicted octanol–water partition coefficient (Wildman–Crippen LogP) is 6.47. The van der Waals surface area contributed by atoms with Crippen molar-refractivity contribution in [1.29, 1.82) is 0 Å². The van der Waals surface area contributed by atoms with E-state index in [1.54, 1.807) is 42.9 Å². The monoisotopic (exact) mass is 624 g/mol. The number of carbonyl (C=O) groups excluding carboxylic acids is 1. The van der Waals surface area contributed by atoms with Crippen LogP contribution >= 0.6 is 12.2 Å². The molecule has 0 aliphatic carbocycles. The summed E-state index contributed by atoms with van der Waals surface area (Å²) in [5, 5.41) is 19.7. The molecule has 2 N–H and O–H groups in total. The van der Waals surface area contributed by atoms with Crippen molar-refractivity contribution in [3.05, 3.63) is 136 Å². The summed E-state index contributed by atoms with van der Waals surface area (Å²) in [6.45, 7) is 5.02. The van der Waals surface area contributed by atoms with Crippen molar-refractivity contribution < 1.29 is 14.1 Å². The van der Waals surface area contributed by atoms with Gasteiger partial charge in [0.15, 0.2) is 5.11 Å². The molecular weight excluding hydrogens is 591 g/mol. The highest BCUT2D eigenvalue weighted by molar-refractivity contribution is 7.80. The molecule has 0 aliphatic rings. The van der Waals surface area contributed by atoms with Crippen LogP contribution in [0.2, 0.25) is 0 Å². The van der Waals surface area contributed by atoms with Crippen LogP contribution in [0.5, 0.6) is 0 Å². The second kappa shape index (κ2) is 13.6. The molecule has 0 unspecified atom stereocenters. The Labute approximate surface area is 265 Å². The van der Waals surface area contributed by atoms with Gasteiger partial charge in [0.1, 0.15) is 5.82 Å². The Hall–Kier alpha value is -5.16. The summed E-state index contributed by atoms with van der Waals surface area (Å²) >= 11 is 5.80. The van der Waals surface area contributed by atoms with E-state index in [2.05, 4.69) is 33.8 Å². The Balaban J connectivity index is 1.30. The van der Waals surface area contributed by atoms with E-state index >= 15 is 0 Å². The third-order valence-corrected chi connectivity index (χ3v) is 7.71. The molecule has 0 fully saturated rings. The second-order valence-corrected chi connectivity index (χ2v) is 11.8. The van der Waals surface area contributed by atoms with Gasteiger partial charge in [0, 0.05) is 43.7 Å². The van der Waals surface area contributed by atoms with Crippen LogP contribution in [0.1, 0.15) is 30.7 Å². The zero-order valence-electron chi connectivity index (χ0n) is 24.9. The number of halogens is 1. The molecule has 0 aliphatic heterocycles. The van der Waals surface area contributed by atoms with Gasteiger partial charge in [-0.25, -0.2) is 9.37 Å². The average molecular weight is 625 g/mol. The molecule has 11 heteroatoms. The van der Waals surface area contributed by atoms with Crippen molar-refractivity contribution in [2.24, 2.45) is 0 Å². The quantitative estimate of drug-likeness (QED) is 0.0986. The third-order valence-electron chi connectivity index (χ3n) is 7.35. The van der Waals surface area contributed by atoms with Crippen LogP contribution in [0.25, 0.3) is 10.8 Å². The van der Waals surface area contributed by atoms with Crippen molar-refractivity contribution in [1.82, 2.24) is 19.8 Å². The molecule has 0 atom stereocenters. The minimum atomic E-state index is -0.730. The van der Waals surface area contributed by atoms with Gasteiger partial charge in [0.2, 0.25) is 5.91 Å². The highest BCUT2D eigenvalue weighted by Gasteiger charge is 2.27. The van der Waals surface area contributed by atoms with Crippen molar-refractivity contribution in [3.63, 3.8) is 0 Å². The molecule has 0 spiro atoms. The molecule has 1 aromatic heterocycles. The average Bonchev–Trinajstić information content (AvgIpc) is 3.43. The summed E-state index contributed by atoms with van der Waals surface area (Å²) in [5.74, 6) is -0.619. The number of nitro groups is 1. The Kier molecular flexibility index (Phi) is 9.48. The lowest BCUT2D eigenvalue weighted by Gasteiger charge is -2.35. The number of nitrogens with zero attached hydrogens (tertiary/aromatic N) is 4. The fourth-order valence-corrected chi connectivity index (χ4v) is 5.49. The Morgan fingerprint density at radius 3 is 2.49 bits per heavy atom. The van der Waals surface area contributed by atoms with Gasteiger partial charge in [-0.15, -0.1) is 0 Å². The van der Waals surface area contributed by atoms with E-state index in [1.807, 2.05) is 47.6 Å². The molecule has 0 bridgehead atoms. The number of thiocarbonyl (C=S) groups is 1. The van der Waals surface area contributed by atoms with Crippen LogP contribution in [0.15, 0.2) is 104 Å². The zero-order chi connectivity index (χ0) is 32.0. The number of amides is 1.